The fourth-order valence-electron chi connectivity index (χ4n) is 2.92. The topological polar surface area (TPSA) is 33.7 Å². The van der Waals surface area contributed by atoms with Gasteiger partial charge in [0.15, 0.2) is 11.5 Å². The van der Waals surface area contributed by atoms with E-state index in [-0.39, 0.29) is 0 Å². The summed E-state index contributed by atoms with van der Waals surface area (Å²) in [6.45, 7) is 8.09. The van der Waals surface area contributed by atoms with E-state index in [2.05, 4.69) is 36.2 Å². The summed E-state index contributed by atoms with van der Waals surface area (Å²) in [5.41, 5.74) is 1.30. The van der Waals surface area contributed by atoms with Crippen molar-refractivity contribution in [2.24, 2.45) is 0 Å². The molecular formula is C15H22N2O2. The van der Waals surface area contributed by atoms with Gasteiger partial charge in [-0.1, -0.05) is 6.07 Å². The van der Waals surface area contributed by atoms with E-state index in [1.54, 1.807) is 0 Å². The standard InChI is InChI=1S/C15H22N2O2/c1-11-5-6-17(8-12(2)16-11)9-13-3-4-14-15(7-13)19-10-18-14/h3-4,7,11-12,16H,5-6,8-10H2,1-2H3. The summed E-state index contributed by atoms with van der Waals surface area (Å²) in [6, 6.07) is 7.41. The van der Waals surface area contributed by atoms with Crippen molar-refractivity contribution in [3.8, 4) is 11.5 Å². The Morgan fingerprint density at radius 3 is 2.95 bits per heavy atom. The molecule has 2 aliphatic heterocycles. The molecule has 2 aliphatic rings. The second kappa shape index (κ2) is 5.39. The molecule has 0 aromatic heterocycles. The predicted molar refractivity (Wildman–Crippen MR) is 74.5 cm³/mol. The first-order valence-electron chi connectivity index (χ1n) is 7.07. The largest absolute Gasteiger partial charge is 0.454 e. The Balaban J connectivity index is 1.67. The maximum Gasteiger partial charge on any atom is 0.231 e. The fraction of sp³-hybridized carbons (Fsp3) is 0.600. The Bertz CT molecular complexity index is 450. The van der Waals surface area contributed by atoms with Crippen molar-refractivity contribution in [1.82, 2.24) is 10.2 Å². The van der Waals surface area contributed by atoms with Crippen molar-refractivity contribution in [3.05, 3.63) is 23.8 Å². The van der Waals surface area contributed by atoms with E-state index in [1.165, 1.54) is 12.0 Å². The molecule has 3 rings (SSSR count). The van der Waals surface area contributed by atoms with Gasteiger partial charge in [0.05, 0.1) is 0 Å². The molecule has 2 atom stereocenters. The minimum Gasteiger partial charge on any atom is -0.454 e. The highest BCUT2D eigenvalue weighted by molar-refractivity contribution is 5.44. The summed E-state index contributed by atoms with van der Waals surface area (Å²) in [5.74, 6) is 1.75. The van der Waals surface area contributed by atoms with Crippen LogP contribution in [0.25, 0.3) is 0 Å². The van der Waals surface area contributed by atoms with Crippen molar-refractivity contribution in [2.45, 2.75) is 38.9 Å². The number of ether oxygens (including phenoxy) is 2. The Morgan fingerprint density at radius 2 is 2.05 bits per heavy atom. The van der Waals surface area contributed by atoms with Crippen molar-refractivity contribution in [2.75, 3.05) is 19.9 Å². The van der Waals surface area contributed by atoms with E-state index in [9.17, 15) is 0 Å². The van der Waals surface area contributed by atoms with Crippen LogP contribution in [0.2, 0.25) is 0 Å². The van der Waals surface area contributed by atoms with Gasteiger partial charge in [0.25, 0.3) is 0 Å². The number of nitrogens with one attached hydrogen (secondary N) is 1. The molecule has 2 heterocycles. The highest BCUT2D eigenvalue weighted by Gasteiger charge is 2.19. The first-order chi connectivity index (χ1) is 9.20. The van der Waals surface area contributed by atoms with E-state index in [1.807, 2.05) is 6.07 Å². The van der Waals surface area contributed by atoms with E-state index in [4.69, 9.17) is 9.47 Å². The monoisotopic (exact) mass is 262 g/mol. The molecule has 1 fully saturated rings. The van der Waals surface area contributed by atoms with Gasteiger partial charge < -0.3 is 14.8 Å². The zero-order valence-corrected chi connectivity index (χ0v) is 11.7. The van der Waals surface area contributed by atoms with Gasteiger partial charge in [-0.15, -0.1) is 0 Å². The lowest BCUT2D eigenvalue weighted by molar-refractivity contribution is 0.174. The molecule has 1 saturated heterocycles. The number of benzene rings is 1. The molecule has 0 radical (unpaired) electrons. The Kier molecular flexibility index (Phi) is 3.62. The summed E-state index contributed by atoms with van der Waals surface area (Å²) < 4.78 is 10.8. The van der Waals surface area contributed by atoms with Crippen molar-refractivity contribution < 1.29 is 9.47 Å². The van der Waals surface area contributed by atoms with Crippen molar-refractivity contribution in [1.29, 1.82) is 0 Å². The molecular weight excluding hydrogens is 240 g/mol. The normalized spacial score (nSPS) is 27.3. The number of nitrogens with zero attached hydrogens (tertiary/aromatic N) is 1. The molecule has 0 aliphatic carbocycles. The van der Waals surface area contributed by atoms with Gasteiger partial charge >= 0.3 is 0 Å². The highest BCUT2D eigenvalue weighted by Crippen LogP contribution is 2.32. The second-order valence-corrected chi connectivity index (χ2v) is 5.68. The number of fused-ring (bicyclic) bond motifs is 1. The van der Waals surface area contributed by atoms with Crippen LogP contribution in [0.15, 0.2) is 18.2 Å². The third-order valence-electron chi connectivity index (χ3n) is 3.82. The molecule has 4 nitrogen and oxygen atoms in total. The Morgan fingerprint density at radius 1 is 1.21 bits per heavy atom. The first-order valence-corrected chi connectivity index (χ1v) is 7.07. The number of hydrogen-bond acceptors (Lipinski definition) is 4. The molecule has 2 unspecified atom stereocenters. The number of rotatable bonds is 2. The summed E-state index contributed by atoms with van der Waals surface area (Å²) in [4.78, 5) is 2.51. The maximum absolute atomic E-state index is 5.44. The summed E-state index contributed by atoms with van der Waals surface area (Å²) in [5, 5.41) is 3.61. The molecule has 1 aromatic carbocycles. The average molecular weight is 262 g/mol. The second-order valence-electron chi connectivity index (χ2n) is 5.68. The lowest BCUT2D eigenvalue weighted by Crippen LogP contribution is -2.37. The molecule has 0 saturated carbocycles. The highest BCUT2D eigenvalue weighted by atomic mass is 16.7. The summed E-state index contributed by atoms with van der Waals surface area (Å²) in [6.07, 6.45) is 1.20. The van der Waals surface area contributed by atoms with E-state index in [0.29, 0.717) is 18.9 Å². The van der Waals surface area contributed by atoms with E-state index in [0.717, 1.165) is 31.1 Å². The average Bonchev–Trinajstić information content (AvgIpc) is 2.76. The van der Waals surface area contributed by atoms with Gasteiger partial charge in [-0.25, -0.2) is 0 Å². The van der Waals surface area contributed by atoms with Gasteiger partial charge in [-0.2, -0.15) is 0 Å². The lowest BCUT2D eigenvalue weighted by atomic mass is 10.1. The fourth-order valence-corrected chi connectivity index (χ4v) is 2.92. The van der Waals surface area contributed by atoms with Gasteiger partial charge in [0.2, 0.25) is 6.79 Å². The van der Waals surface area contributed by atoms with E-state index >= 15 is 0 Å². The van der Waals surface area contributed by atoms with Crippen LogP contribution in [0.5, 0.6) is 11.5 Å². The van der Waals surface area contributed by atoms with Gasteiger partial charge in [0.1, 0.15) is 0 Å². The van der Waals surface area contributed by atoms with Crippen LogP contribution in [-0.2, 0) is 6.54 Å². The molecule has 19 heavy (non-hydrogen) atoms. The van der Waals surface area contributed by atoms with Crippen molar-refractivity contribution in [3.63, 3.8) is 0 Å². The first kappa shape index (κ1) is 12.8. The third kappa shape index (κ3) is 3.01. The Hall–Kier alpha value is -1.26. The zero-order valence-electron chi connectivity index (χ0n) is 11.7. The molecule has 0 bridgehead atoms. The summed E-state index contributed by atoms with van der Waals surface area (Å²) in [7, 11) is 0. The van der Waals surface area contributed by atoms with Crippen LogP contribution in [0.3, 0.4) is 0 Å². The Labute approximate surface area is 114 Å². The van der Waals surface area contributed by atoms with Crippen LogP contribution in [-0.4, -0.2) is 36.9 Å². The van der Waals surface area contributed by atoms with Gasteiger partial charge in [0, 0.05) is 31.7 Å². The minimum absolute atomic E-state index is 0.348. The van der Waals surface area contributed by atoms with Crippen molar-refractivity contribution >= 4 is 0 Å². The maximum atomic E-state index is 5.44. The SMILES string of the molecule is CC1CCN(Cc2ccc3c(c2)OCO3)CC(C)N1. The third-order valence-corrected chi connectivity index (χ3v) is 3.82. The predicted octanol–water partition coefficient (Wildman–Crippen LogP) is 1.99. The van der Waals surface area contributed by atoms with Crippen LogP contribution in [0, 0.1) is 0 Å². The van der Waals surface area contributed by atoms with E-state index < -0.39 is 0 Å². The number of hydrogen-bond donors (Lipinski definition) is 1. The quantitative estimate of drug-likeness (QED) is 0.884. The van der Waals surface area contributed by atoms with Crippen LogP contribution in [0.4, 0.5) is 0 Å². The summed E-state index contributed by atoms with van der Waals surface area (Å²) >= 11 is 0. The molecule has 0 amide bonds. The molecule has 1 aromatic rings. The van der Waals surface area contributed by atoms with Gasteiger partial charge in [-0.3, -0.25) is 4.90 Å². The van der Waals surface area contributed by atoms with Crippen LogP contribution < -0.4 is 14.8 Å². The minimum atomic E-state index is 0.348. The molecule has 104 valence electrons. The zero-order chi connectivity index (χ0) is 13.2. The molecule has 0 spiro atoms. The lowest BCUT2D eigenvalue weighted by Gasteiger charge is -2.22. The van der Waals surface area contributed by atoms with Crippen LogP contribution >= 0.6 is 0 Å². The molecule has 4 heteroatoms. The molecule has 1 N–H and O–H groups in total. The van der Waals surface area contributed by atoms with Gasteiger partial charge in [-0.05, 0) is 38.0 Å². The van der Waals surface area contributed by atoms with Crippen LogP contribution in [0.1, 0.15) is 25.8 Å². The smallest absolute Gasteiger partial charge is 0.231 e.